The Morgan fingerprint density at radius 2 is 1.15 bits per heavy atom. The molecule has 0 atom stereocenters. The second-order valence-electron chi connectivity index (χ2n) is 6.21. The first-order valence-electron chi connectivity index (χ1n) is 9.43. The van der Waals surface area contributed by atoms with Crippen LogP contribution in [-0.2, 0) is 35.4 Å². The number of hydrogen-bond donors (Lipinski definition) is 0. The third-order valence-corrected chi connectivity index (χ3v) is 4.20. The quantitative estimate of drug-likeness (QED) is 0.391. The Morgan fingerprint density at radius 1 is 0.667 bits per heavy atom. The summed E-state index contributed by atoms with van der Waals surface area (Å²) in [5.74, 6) is 0. The monoisotopic (exact) mass is 416 g/mol. The Balaban J connectivity index is 0.00000338. The van der Waals surface area contributed by atoms with Crippen LogP contribution in [0.2, 0.25) is 0 Å². The lowest BCUT2D eigenvalue weighted by Gasteiger charge is -2.04. The third kappa shape index (κ3) is 10.6. The minimum atomic E-state index is 0. The van der Waals surface area contributed by atoms with Crippen LogP contribution in [0.15, 0.2) is 49.1 Å². The second kappa shape index (κ2) is 15.8. The zero-order valence-electron chi connectivity index (χ0n) is 16.5. The van der Waals surface area contributed by atoms with E-state index in [0.29, 0.717) is 13.2 Å². The van der Waals surface area contributed by atoms with E-state index < -0.39 is 0 Å². The van der Waals surface area contributed by atoms with Gasteiger partial charge in [-0.05, 0) is 37.3 Å². The number of hydrogen-bond acceptors (Lipinski definition) is 2. The summed E-state index contributed by atoms with van der Waals surface area (Å²) in [7, 11) is 0. The molecule has 2 aromatic heterocycles. The Hall–Kier alpha value is -1.20. The molecule has 6 heteroatoms. The lowest BCUT2D eigenvalue weighted by molar-refractivity contribution is -0.698. The van der Waals surface area contributed by atoms with Crippen LogP contribution in [0.4, 0.5) is 0 Å². The molecule has 0 aromatic carbocycles. The molecule has 0 aliphatic rings. The topological polar surface area (TPSA) is 26.2 Å². The minimum absolute atomic E-state index is 0. The number of rotatable bonds is 12. The van der Waals surface area contributed by atoms with Crippen LogP contribution < -0.4 is 9.13 Å². The van der Waals surface area contributed by atoms with Crippen molar-refractivity contribution in [2.24, 2.45) is 0 Å². The molecule has 4 nitrogen and oxygen atoms in total. The van der Waals surface area contributed by atoms with Crippen molar-refractivity contribution in [2.45, 2.75) is 46.2 Å². The number of aryl methyl sites for hydroxylation is 3. The van der Waals surface area contributed by atoms with E-state index in [2.05, 4.69) is 72.0 Å². The highest BCUT2D eigenvalue weighted by molar-refractivity contribution is 5.85. The van der Waals surface area contributed by atoms with Gasteiger partial charge in [-0.1, -0.05) is 6.92 Å². The van der Waals surface area contributed by atoms with E-state index in [4.69, 9.17) is 9.47 Å². The van der Waals surface area contributed by atoms with Crippen molar-refractivity contribution in [2.75, 3.05) is 26.4 Å². The largest absolute Gasteiger partial charge is 0.379 e. The maximum atomic E-state index is 5.59. The van der Waals surface area contributed by atoms with Crippen molar-refractivity contribution in [3.8, 4) is 0 Å². The number of nitrogens with zero attached hydrogens (tertiary/aromatic N) is 2. The summed E-state index contributed by atoms with van der Waals surface area (Å²) in [4.78, 5) is 0. The summed E-state index contributed by atoms with van der Waals surface area (Å²) in [6, 6.07) is 8.85. The maximum Gasteiger partial charge on any atom is 0.171 e. The molecular formula is C21H34Cl2N2O2+2. The van der Waals surface area contributed by atoms with Gasteiger partial charge in [0.2, 0.25) is 0 Å². The Morgan fingerprint density at radius 3 is 1.63 bits per heavy atom. The molecule has 2 rings (SSSR count). The van der Waals surface area contributed by atoms with E-state index >= 15 is 0 Å². The lowest BCUT2D eigenvalue weighted by atomic mass is 10.1. The summed E-state index contributed by atoms with van der Waals surface area (Å²) >= 11 is 0. The minimum Gasteiger partial charge on any atom is -0.379 e. The molecule has 0 aliphatic carbocycles. The number of halogens is 2. The van der Waals surface area contributed by atoms with E-state index in [-0.39, 0.29) is 24.8 Å². The summed E-state index contributed by atoms with van der Waals surface area (Å²) < 4.78 is 15.3. The lowest BCUT2D eigenvalue weighted by Crippen LogP contribution is -2.35. The molecule has 0 unspecified atom stereocenters. The van der Waals surface area contributed by atoms with E-state index in [9.17, 15) is 0 Å². The average Bonchev–Trinajstić information content (AvgIpc) is 2.67. The predicted octanol–water partition coefficient (Wildman–Crippen LogP) is 3.35. The van der Waals surface area contributed by atoms with Crippen LogP contribution in [0.5, 0.6) is 0 Å². The second-order valence-corrected chi connectivity index (χ2v) is 6.21. The van der Waals surface area contributed by atoms with E-state index in [1.165, 1.54) is 11.1 Å². The van der Waals surface area contributed by atoms with Gasteiger partial charge in [0.05, 0.1) is 13.2 Å². The molecule has 0 radical (unpaired) electrons. The summed E-state index contributed by atoms with van der Waals surface area (Å²) in [6.45, 7) is 9.08. The van der Waals surface area contributed by atoms with Crippen molar-refractivity contribution in [1.29, 1.82) is 0 Å². The van der Waals surface area contributed by atoms with E-state index in [1.807, 2.05) is 0 Å². The highest BCUT2D eigenvalue weighted by Crippen LogP contribution is 2.04. The van der Waals surface area contributed by atoms with Crippen LogP contribution in [0.3, 0.4) is 0 Å². The fourth-order valence-corrected chi connectivity index (χ4v) is 2.59. The van der Waals surface area contributed by atoms with Gasteiger partial charge in [0, 0.05) is 30.9 Å². The van der Waals surface area contributed by atoms with Gasteiger partial charge in [0.1, 0.15) is 13.2 Å². The Bertz CT molecular complexity index is 592. The van der Waals surface area contributed by atoms with Crippen LogP contribution >= 0.6 is 24.8 Å². The first-order chi connectivity index (χ1) is 12.3. The molecule has 0 saturated heterocycles. The summed E-state index contributed by atoms with van der Waals surface area (Å²) in [6.07, 6.45) is 11.8. The molecule has 0 bridgehead atoms. The molecular weight excluding hydrogens is 383 g/mol. The van der Waals surface area contributed by atoms with Crippen molar-refractivity contribution in [1.82, 2.24) is 0 Å². The van der Waals surface area contributed by atoms with Gasteiger partial charge in [0.25, 0.3) is 0 Å². The van der Waals surface area contributed by atoms with E-state index in [0.717, 1.165) is 45.6 Å². The van der Waals surface area contributed by atoms with Crippen molar-refractivity contribution in [3.63, 3.8) is 0 Å². The van der Waals surface area contributed by atoms with Crippen molar-refractivity contribution >= 4 is 24.8 Å². The smallest absolute Gasteiger partial charge is 0.171 e. The summed E-state index contributed by atoms with van der Waals surface area (Å²) in [5, 5.41) is 0. The molecule has 0 fully saturated rings. The van der Waals surface area contributed by atoms with Gasteiger partial charge in [-0.2, -0.15) is 0 Å². The first kappa shape index (κ1) is 25.8. The van der Waals surface area contributed by atoms with Gasteiger partial charge in [-0.15, -0.1) is 24.8 Å². The maximum absolute atomic E-state index is 5.59. The molecule has 0 aliphatic heterocycles. The molecule has 0 spiro atoms. The summed E-state index contributed by atoms with van der Waals surface area (Å²) in [5.41, 5.74) is 2.76. The van der Waals surface area contributed by atoms with Crippen LogP contribution in [0.25, 0.3) is 0 Å². The van der Waals surface area contributed by atoms with Crippen LogP contribution in [0, 0.1) is 0 Å². The molecule has 0 amide bonds. The predicted molar refractivity (Wildman–Crippen MR) is 113 cm³/mol. The highest BCUT2D eigenvalue weighted by Gasteiger charge is 2.03. The normalized spacial score (nSPS) is 10.1. The molecule has 2 heterocycles. The zero-order valence-corrected chi connectivity index (χ0v) is 18.1. The Kier molecular flexibility index (Phi) is 15.1. The van der Waals surface area contributed by atoms with Crippen molar-refractivity contribution in [3.05, 3.63) is 60.2 Å². The van der Waals surface area contributed by atoms with Crippen LogP contribution in [0.1, 0.15) is 31.4 Å². The fourth-order valence-electron chi connectivity index (χ4n) is 2.59. The van der Waals surface area contributed by atoms with Gasteiger partial charge in [-0.25, -0.2) is 9.13 Å². The van der Waals surface area contributed by atoms with Gasteiger partial charge < -0.3 is 9.47 Å². The Labute approximate surface area is 176 Å². The van der Waals surface area contributed by atoms with E-state index in [1.54, 1.807) is 0 Å². The zero-order chi connectivity index (χ0) is 17.7. The third-order valence-electron chi connectivity index (χ3n) is 4.20. The van der Waals surface area contributed by atoms with Crippen LogP contribution in [-0.4, -0.2) is 26.4 Å². The van der Waals surface area contributed by atoms with Crippen molar-refractivity contribution < 1.29 is 18.6 Å². The van der Waals surface area contributed by atoms with Gasteiger partial charge in [0.15, 0.2) is 31.3 Å². The fraction of sp³-hybridized carbons (Fsp3) is 0.524. The molecule has 27 heavy (non-hydrogen) atoms. The number of aromatic nitrogens is 2. The molecule has 0 saturated carbocycles. The van der Waals surface area contributed by atoms with Gasteiger partial charge >= 0.3 is 0 Å². The standard InChI is InChI=1S/C21H32N2O2.2ClH/c1-3-16-24-18-19-25-17-15-23-13-9-21(10-14-23)6-5-20-7-11-22(4-2)12-8-20;;/h7-14H,3-6,15-19H2,1-2H3;2*1H/q+2;;. The first-order valence-corrected chi connectivity index (χ1v) is 9.43. The number of ether oxygens (including phenoxy) is 2. The molecule has 0 N–H and O–H groups in total. The average molecular weight is 417 g/mol. The molecule has 152 valence electrons. The van der Waals surface area contributed by atoms with Gasteiger partial charge in [-0.3, -0.25) is 0 Å². The molecule has 2 aromatic rings. The highest BCUT2D eigenvalue weighted by atomic mass is 35.5. The number of pyridine rings is 2. The SMILES string of the molecule is CCCOCCOCC[n+]1ccc(CCc2cc[n+](CC)cc2)cc1.Cl.Cl.